The largest absolute Gasteiger partial charge is 0.325 e. The number of aromatic nitrogens is 3. The predicted octanol–water partition coefficient (Wildman–Crippen LogP) is 5.15. The molecular formula is C23H26ClN5OS. The van der Waals surface area contributed by atoms with Crippen molar-refractivity contribution in [2.45, 2.75) is 56.5 Å². The van der Waals surface area contributed by atoms with E-state index in [0.29, 0.717) is 15.9 Å². The predicted molar refractivity (Wildman–Crippen MR) is 126 cm³/mol. The van der Waals surface area contributed by atoms with Gasteiger partial charge in [-0.2, -0.15) is 0 Å². The number of fused-ring (bicyclic) bond motifs is 1. The number of thioether (sulfide) groups is 1. The zero-order valence-corrected chi connectivity index (χ0v) is 19.4. The lowest BCUT2D eigenvalue weighted by Crippen LogP contribution is -2.41. The number of nitrogens with one attached hydrogen (secondary N) is 2. The quantitative estimate of drug-likeness (QED) is 0.537. The lowest BCUT2D eigenvalue weighted by molar-refractivity contribution is -0.116. The van der Waals surface area contributed by atoms with Crippen molar-refractivity contribution in [3.8, 4) is 0 Å². The van der Waals surface area contributed by atoms with Crippen LogP contribution in [-0.2, 0) is 17.6 Å². The van der Waals surface area contributed by atoms with Gasteiger partial charge >= 0.3 is 0 Å². The summed E-state index contributed by atoms with van der Waals surface area (Å²) in [7, 11) is 0. The molecule has 3 aromatic rings. The molecule has 8 heteroatoms. The van der Waals surface area contributed by atoms with E-state index in [2.05, 4.69) is 59.1 Å². The van der Waals surface area contributed by atoms with Crippen LogP contribution in [0.4, 0.5) is 5.69 Å². The highest BCUT2D eigenvalue weighted by Crippen LogP contribution is 2.38. The zero-order valence-electron chi connectivity index (χ0n) is 17.9. The van der Waals surface area contributed by atoms with Gasteiger partial charge in [0.2, 0.25) is 11.1 Å². The molecule has 4 rings (SSSR count). The lowest BCUT2D eigenvalue weighted by atomic mass is 10.0. The van der Waals surface area contributed by atoms with Crippen LogP contribution in [0.15, 0.2) is 47.6 Å². The van der Waals surface area contributed by atoms with Crippen LogP contribution in [0, 0.1) is 6.92 Å². The summed E-state index contributed by atoms with van der Waals surface area (Å²) in [5, 5.41) is 12.6. The number of rotatable bonds is 6. The third-order valence-electron chi connectivity index (χ3n) is 5.42. The van der Waals surface area contributed by atoms with Crippen LogP contribution in [-0.4, -0.2) is 26.0 Å². The van der Waals surface area contributed by atoms with E-state index in [1.54, 1.807) is 6.07 Å². The van der Waals surface area contributed by atoms with Gasteiger partial charge in [0.05, 0.1) is 6.04 Å². The molecule has 0 saturated heterocycles. The first-order valence-electron chi connectivity index (χ1n) is 10.5. The first kappa shape index (κ1) is 21.7. The number of hydrogen-bond acceptors (Lipinski definition) is 5. The van der Waals surface area contributed by atoms with E-state index in [9.17, 15) is 4.79 Å². The summed E-state index contributed by atoms with van der Waals surface area (Å²) in [4.78, 5) is 13.3. The van der Waals surface area contributed by atoms with Gasteiger partial charge in [-0.3, -0.25) is 4.79 Å². The van der Waals surface area contributed by atoms with Crippen molar-refractivity contribution in [3.63, 3.8) is 0 Å². The Bertz CT molecular complexity index is 1080. The summed E-state index contributed by atoms with van der Waals surface area (Å²) in [6.07, 6.45) is 2.76. The van der Waals surface area contributed by atoms with Gasteiger partial charge in [-0.25, -0.2) is 4.68 Å². The smallest absolute Gasteiger partial charge is 0.240 e. The molecule has 1 aromatic heterocycles. The van der Waals surface area contributed by atoms with Crippen molar-refractivity contribution < 1.29 is 4.79 Å². The molecule has 162 valence electrons. The highest BCUT2D eigenvalue weighted by atomic mass is 35.5. The van der Waals surface area contributed by atoms with Gasteiger partial charge < -0.3 is 10.7 Å². The second kappa shape index (κ2) is 9.32. The standard InChI is InChI=1S/C23H26ClN5OS/c1-4-6-19-26-27-23-29(19)28-20(16-10-8-15(5-2)9-11-16)21(31-23)22(30)25-17-12-7-14(3)18(24)13-17/h7-13,20-21,28H,4-6H2,1-3H3,(H,25,30)/t20-,21-/m1/s1. The Kier molecular flexibility index (Phi) is 6.53. The number of halogens is 1. The van der Waals surface area contributed by atoms with Gasteiger partial charge in [0.25, 0.3) is 0 Å². The second-order valence-electron chi connectivity index (χ2n) is 7.68. The van der Waals surface area contributed by atoms with Gasteiger partial charge in [-0.05, 0) is 48.6 Å². The molecule has 2 aromatic carbocycles. The molecule has 0 spiro atoms. The van der Waals surface area contributed by atoms with E-state index in [1.807, 2.05) is 23.7 Å². The summed E-state index contributed by atoms with van der Waals surface area (Å²) in [6, 6.07) is 13.7. The topological polar surface area (TPSA) is 71.8 Å². The summed E-state index contributed by atoms with van der Waals surface area (Å²) in [5.74, 6) is 0.776. The van der Waals surface area contributed by atoms with Crippen molar-refractivity contribution in [1.29, 1.82) is 0 Å². The molecule has 0 radical (unpaired) electrons. The molecule has 0 saturated carbocycles. The maximum Gasteiger partial charge on any atom is 0.240 e. The van der Waals surface area contributed by atoms with Crippen LogP contribution in [0.5, 0.6) is 0 Å². The molecule has 1 amide bonds. The maximum atomic E-state index is 13.3. The van der Waals surface area contributed by atoms with Gasteiger partial charge in [0, 0.05) is 17.1 Å². The molecule has 0 aliphatic carbocycles. The van der Waals surface area contributed by atoms with Gasteiger partial charge in [0.15, 0.2) is 5.82 Å². The summed E-state index contributed by atoms with van der Waals surface area (Å²) >= 11 is 7.68. The Morgan fingerprint density at radius 1 is 1.19 bits per heavy atom. The maximum absolute atomic E-state index is 13.3. The Morgan fingerprint density at radius 3 is 2.65 bits per heavy atom. The summed E-state index contributed by atoms with van der Waals surface area (Å²) < 4.78 is 1.93. The number of benzene rings is 2. The van der Waals surface area contributed by atoms with Crippen molar-refractivity contribution in [2.24, 2.45) is 0 Å². The summed E-state index contributed by atoms with van der Waals surface area (Å²) in [5.41, 5.74) is 7.47. The Labute approximate surface area is 191 Å². The number of carbonyl (C=O) groups excluding carboxylic acids is 1. The van der Waals surface area contributed by atoms with E-state index in [-0.39, 0.29) is 11.9 Å². The van der Waals surface area contributed by atoms with Gasteiger partial charge in [0.1, 0.15) is 5.25 Å². The molecule has 1 aliphatic heterocycles. The van der Waals surface area contributed by atoms with Crippen LogP contribution in [0.25, 0.3) is 0 Å². The Morgan fingerprint density at radius 2 is 1.97 bits per heavy atom. The monoisotopic (exact) mass is 455 g/mol. The number of anilines is 1. The van der Waals surface area contributed by atoms with E-state index in [1.165, 1.54) is 17.3 Å². The van der Waals surface area contributed by atoms with Crippen molar-refractivity contribution in [3.05, 3.63) is 70.0 Å². The van der Waals surface area contributed by atoms with Crippen LogP contribution in [0.2, 0.25) is 5.02 Å². The number of nitrogens with zero attached hydrogens (tertiary/aromatic N) is 3. The molecule has 0 unspecified atom stereocenters. The molecule has 6 nitrogen and oxygen atoms in total. The molecule has 2 atom stereocenters. The van der Waals surface area contributed by atoms with Crippen molar-refractivity contribution >= 4 is 35.0 Å². The second-order valence-corrected chi connectivity index (χ2v) is 9.19. The molecule has 0 fully saturated rings. The SMILES string of the molecule is CCCc1nnc2n1N[C@H](c1ccc(CC)cc1)[C@H](C(=O)Nc1ccc(C)c(Cl)c1)S2. The first-order chi connectivity index (χ1) is 15.0. The van der Waals surface area contributed by atoms with Crippen LogP contribution in [0.1, 0.15) is 48.8 Å². The fourth-order valence-electron chi connectivity index (χ4n) is 3.58. The number of carbonyl (C=O) groups is 1. The molecule has 2 N–H and O–H groups in total. The Balaban J connectivity index is 1.65. The van der Waals surface area contributed by atoms with Gasteiger partial charge in [-0.1, -0.05) is 67.5 Å². The minimum absolute atomic E-state index is 0.103. The van der Waals surface area contributed by atoms with E-state index in [4.69, 9.17) is 11.6 Å². The van der Waals surface area contributed by atoms with Crippen LogP contribution in [0.3, 0.4) is 0 Å². The van der Waals surface area contributed by atoms with Crippen molar-refractivity contribution in [1.82, 2.24) is 14.9 Å². The van der Waals surface area contributed by atoms with Crippen LogP contribution < -0.4 is 10.7 Å². The minimum atomic E-state index is -0.418. The average Bonchev–Trinajstić information content (AvgIpc) is 3.17. The molecule has 31 heavy (non-hydrogen) atoms. The fraction of sp³-hybridized carbons (Fsp3) is 0.348. The minimum Gasteiger partial charge on any atom is -0.325 e. The highest BCUT2D eigenvalue weighted by Gasteiger charge is 2.37. The third-order valence-corrected chi connectivity index (χ3v) is 7.04. The van der Waals surface area contributed by atoms with E-state index < -0.39 is 5.25 Å². The molecule has 1 aliphatic rings. The zero-order chi connectivity index (χ0) is 22.0. The van der Waals surface area contributed by atoms with E-state index in [0.717, 1.165) is 36.2 Å². The number of hydrogen-bond donors (Lipinski definition) is 2. The molecule has 2 heterocycles. The van der Waals surface area contributed by atoms with Crippen LogP contribution >= 0.6 is 23.4 Å². The first-order valence-corrected chi connectivity index (χ1v) is 11.8. The normalized spacial score (nSPS) is 17.7. The molecular weight excluding hydrogens is 430 g/mol. The summed E-state index contributed by atoms with van der Waals surface area (Å²) in [6.45, 7) is 6.18. The number of amides is 1. The van der Waals surface area contributed by atoms with E-state index >= 15 is 0 Å². The Hall–Kier alpha value is -2.51. The lowest BCUT2D eigenvalue weighted by Gasteiger charge is -2.33. The molecule has 0 bridgehead atoms. The van der Waals surface area contributed by atoms with Gasteiger partial charge in [-0.15, -0.1) is 10.2 Å². The highest BCUT2D eigenvalue weighted by molar-refractivity contribution is 8.00. The average molecular weight is 456 g/mol. The van der Waals surface area contributed by atoms with Crippen molar-refractivity contribution in [2.75, 3.05) is 10.7 Å². The third kappa shape index (κ3) is 4.57. The fourth-order valence-corrected chi connectivity index (χ4v) is 4.86. The number of aryl methyl sites for hydroxylation is 3.